The maximum absolute atomic E-state index is 12.9. The normalized spacial score (nSPS) is 10.7. The molecule has 1 heterocycles. The summed E-state index contributed by atoms with van der Waals surface area (Å²) in [6.07, 6.45) is 0. The minimum atomic E-state index is -0.422. The Hall–Kier alpha value is -3.79. The van der Waals surface area contributed by atoms with Crippen LogP contribution in [-0.4, -0.2) is 16.7 Å². The zero-order valence-corrected chi connectivity index (χ0v) is 16.0. The van der Waals surface area contributed by atoms with Crippen molar-refractivity contribution in [3.8, 4) is 11.3 Å². The van der Waals surface area contributed by atoms with E-state index < -0.39 is 5.97 Å². The molecule has 0 saturated carbocycles. The van der Waals surface area contributed by atoms with Crippen LogP contribution in [0.5, 0.6) is 0 Å². The smallest absolute Gasteiger partial charge is 0.339 e. The Morgan fingerprint density at radius 1 is 0.828 bits per heavy atom. The molecule has 4 rings (SSSR count). The summed E-state index contributed by atoms with van der Waals surface area (Å²) in [7, 11) is 0. The molecule has 3 aromatic carbocycles. The number of benzene rings is 3. The number of aromatic nitrogens is 1. The average Bonchev–Trinajstić information content (AvgIpc) is 2.77. The topological polar surface area (TPSA) is 56.3 Å². The molecule has 0 atom stereocenters. The first-order valence-electron chi connectivity index (χ1n) is 9.34. The summed E-state index contributed by atoms with van der Waals surface area (Å²) in [4.78, 5) is 29.7. The molecule has 0 aliphatic rings. The van der Waals surface area contributed by atoms with Gasteiger partial charge in [0, 0.05) is 16.5 Å². The molecule has 0 amide bonds. The zero-order valence-electron chi connectivity index (χ0n) is 16.0. The molecule has 0 spiro atoms. The Kier molecular flexibility index (Phi) is 5.16. The SMILES string of the molecule is CC(=O)c1ccccc1-c1cc(C(=O)OCc2ccccc2)c2ccccc2n1. The summed E-state index contributed by atoms with van der Waals surface area (Å²) >= 11 is 0. The minimum Gasteiger partial charge on any atom is -0.457 e. The van der Waals surface area contributed by atoms with Crippen LogP contribution in [0.1, 0.15) is 33.2 Å². The van der Waals surface area contributed by atoms with Gasteiger partial charge in [-0.15, -0.1) is 0 Å². The largest absolute Gasteiger partial charge is 0.457 e. The van der Waals surface area contributed by atoms with Gasteiger partial charge in [0.25, 0.3) is 0 Å². The van der Waals surface area contributed by atoms with Crippen LogP contribution in [-0.2, 0) is 11.3 Å². The third-order valence-electron chi connectivity index (χ3n) is 4.73. The van der Waals surface area contributed by atoms with Gasteiger partial charge in [-0.2, -0.15) is 0 Å². The number of carbonyl (C=O) groups is 2. The van der Waals surface area contributed by atoms with Gasteiger partial charge >= 0.3 is 5.97 Å². The summed E-state index contributed by atoms with van der Waals surface area (Å²) in [6, 6.07) is 26.0. The van der Waals surface area contributed by atoms with Gasteiger partial charge in [0.15, 0.2) is 5.78 Å². The quantitative estimate of drug-likeness (QED) is 0.340. The number of ketones is 1. The lowest BCUT2D eigenvalue weighted by Crippen LogP contribution is -2.07. The second kappa shape index (κ2) is 8.07. The highest BCUT2D eigenvalue weighted by molar-refractivity contribution is 6.06. The van der Waals surface area contributed by atoms with Crippen LogP contribution < -0.4 is 0 Å². The molecule has 4 nitrogen and oxygen atoms in total. The van der Waals surface area contributed by atoms with Crippen LogP contribution >= 0.6 is 0 Å². The van der Waals surface area contributed by atoms with Gasteiger partial charge in [0.05, 0.1) is 16.8 Å². The van der Waals surface area contributed by atoms with Crippen LogP contribution in [0.15, 0.2) is 84.9 Å². The summed E-state index contributed by atoms with van der Waals surface area (Å²) in [5.41, 5.74) is 3.86. The van der Waals surface area contributed by atoms with E-state index in [1.54, 1.807) is 12.1 Å². The third-order valence-corrected chi connectivity index (χ3v) is 4.73. The summed E-state index contributed by atoms with van der Waals surface area (Å²) in [5.74, 6) is -0.474. The Bertz CT molecular complexity index is 1200. The number of carbonyl (C=O) groups excluding carboxylic acids is 2. The Morgan fingerprint density at radius 3 is 2.31 bits per heavy atom. The number of hydrogen-bond acceptors (Lipinski definition) is 4. The second-order valence-electron chi connectivity index (χ2n) is 6.74. The van der Waals surface area contributed by atoms with Gasteiger partial charge in [-0.05, 0) is 24.6 Å². The second-order valence-corrected chi connectivity index (χ2v) is 6.74. The summed E-state index contributed by atoms with van der Waals surface area (Å²) in [5, 5.41) is 0.717. The average molecular weight is 381 g/mol. The molecule has 142 valence electrons. The first kappa shape index (κ1) is 18.6. The molecule has 0 saturated heterocycles. The van der Waals surface area contributed by atoms with Crippen molar-refractivity contribution in [2.75, 3.05) is 0 Å². The lowest BCUT2D eigenvalue weighted by molar-refractivity contribution is 0.0475. The molecule has 0 bridgehead atoms. The minimum absolute atomic E-state index is 0.0521. The van der Waals surface area contributed by atoms with E-state index >= 15 is 0 Å². The standard InChI is InChI=1S/C25H19NO3/c1-17(27)19-11-5-6-12-20(19)24-15-22(21-13-7-8-14-23(21)26-24)25(28)29-16-18-9-3-2-4-10-18/h2-15H,16H2,1H3. The number of hydrogen-bond donors (Lipinski definition) is 0. The number of pyridine rings is 1. The van der Waals surface area contributed by atoms with Gasteiger partial charge in [-0.1, -0.05) is 72.8 Å². The van der Waals surface area contributed by atoms with Gasteiger partial charge in [0.1, 0.15) is 6.61 Å². The van der Waals surface area contributed by atoms with Gasteiger partial charge in [-0.25, -0.2) is 9.78 Å². The molecular formula is C25H19NO3. The summed E-state index contributed by atoms with van der Waals surface area (Å²) in [6.45, 7) is 1.71. The molecule has 1 aromatic heterocycles. The fourth-order valence-corrected chi connectivity index (χ4v) is 3.30. The van der Waals surface area contributed by atoms with Crippen LogP contribution in [0.4, 0.5) is 0 Å². The first-order chi connectivity index (χ1) is 14.1. The zero-order chi connectivity index (χ0) is 20.2. The van der Waals surface area contributed by atoms with Gasteiger partial charge < -0.3 is 4.74 Å². The Balaban J connectivity index is 1.78. The van der Waals surface area contributed by atoms with E-state index in [9.17, 15) is 9.59 Å². The number of para-hydroxylation sites is 1. The van der Waals surface area contributed by atoms with E-state index in [-0.39, 0.29) is 12.4 Å². The lowest BCUT2D eigenvalue weighted by Gasteiger charge is -2.12. The molecule has 0 aliphatic heterocycles. The third kappa shape index (κ3) is 3.92. The van der Waals surface area contributed by atoms with Crippen molar-refractivity contribution in [1.82, 2.24) is 4.98 Å². The maximum atomic E-state index is 12.9. The number of esters is 1. The Morgan fingerprint density at radius 2 is 1.52 bits per heavy atom. The van der Waals surface area contributed by atoms with Crippen LogP contribution in [0.25, 0.3) is 22.2 Å². The van der Waals surface area contributed by atoms with Crippen molar-refractivity contribution in [2.45, 2.75) is 13.5 Å². The summed E-state index contributed by atoms with van der Waals surface area (Å²) < 4.78 is 5.56. The molecular weight excluding hydrogens is 362 g/mol. The molecule has 4 aromatic rings. The fraction of sp³-hybridized carbons (Fsp3) is 0.0800. The van der Waals surface area contributed by atoms with E-state index in [1.165, 1.54) is 6.92 Å². The molecule has 0 unspecified atom stereocenters. The number of Topliss-reactive ketones (excluding diaryl/α,β-unsaturated/α-hetero) is 1. The van der Waals surface area contributed by atoms with Crippen molar-refractivity contribution in [3.63, 3.8) is 0 Å². The van der Waals surface area contributed by atoms with Gasteiger partial charge in [-0.3, -0.25) is 4.79 Å². The van der Waals surface area contributed by atoms with Crippen LogP contribution in [0.2, 0.25) is 0 Å². The van der Waals surface area contributed by atoms with Crippen molar-refractivity contribution in [2.24, 2.45) is 0 Å². The molecule has 0 radical (unpaired) electrons. The monoisotopic (exact) mass is 381 g/mol. The Labute approximate surface area is 168 Å². The van der Waals surface area contributed by atoms with Crippen molar-refractivity contribution in [1.29, 1.82) is 0 Å². The lowest BCUT2D eigenvalue weighted by atomic mass is 9.98. The molecule has 0 fully saturated rings. The van der Waals surface area contributed by atoms with E-state index in [2.05, 4.69) is 4.98 Å². The predicted octanol–water partition coefficient (Wildman–Crippen LogP) is 5.46. The van der Waals surface area contributed by atoms with E-state index in [4.69, 9.17) is 4.74 Å². The van der Waals surface area contributed by atoms with Crippen molar-refractivity contribution >= 4 is 22.7 Å². The van der Waals surface area contributed by atoms with E-state index in [1.807, 2.05) is 72.8 Å². The number of ether oxygens (including phenoxy) is 1. The fourth-order valence-electron chi connectivity index (χ4n) is 3.30. The molecule has 0 N–H and O–H groups in total. The molecule has 29 heavy (non-hydrogen) atoms. The number of fused-ring (bicyclic) bond motifs is 1. The molecule has 4 heteroatoms. The van der Waals surface area contributed by atoms with Gasteiger partial charge in [0.2, 0.25) is 0 Å². The van der Waals surface area contributed by atoms with Crippen molar-refractivity contribution < 1.29 is 14.3 Å². The molecule has 0 aliphatic carbocycles. The van der Waals surface area contributed by atoms with E-state index in [0.29, 0.717) is 27.9 Å². The van der Waals surface area contributed by atoms with E-state index in [0.717, 1.165) is 10.9 Å². The number of nitrogens with zero attached hydrogens (tertiary/aromatic N) is 1. The highest BCUT2D eigenvalue weighted by Crippen LogP contribution is 2.28. The number of rotatable bonds is 5. The maximum Gasteiger partial charge on any atom is 0.339 e. The first-order valence-corrected chi connectivity index (χ1v) is 9.34. The van der Waals surface area contributed by atoms with Crippen molar-refractivity contribution in [3.05, 3.63) is 102 Å². The highest BCUT2D eigenvalue weighted by atomic mass is 16.5. The van der Waals surface area contributed by atoms with Crippen LogP contribution in [0.3, 0.4) is 0 Å². The predicted molar refractivity (Wildman–Crippen MR) is 113 cm³/mol. The van der Waals surface area contributed by atoms with Crippen LogP contribution in [0, 0.1) is 0 Å². The highest BCUT2D eigenvalue weighted by Gasteiger charge is 2.17.